The van der Waals surface area contributed by atoms with Gasteiger partial charge in [-0.05, 0) is 43.6 Å². The first-order valence-electron chi connectivity index (χ1n) is 10.7. The summed E-state index contributed by atoms with van der Waals surface area (Å²) in [4.78, 5) is 22.9. The predicted octanol–water partition coefficient (Wildman–Crippen LogP) is 6.97. The highest BCUT2D eigenvalue weighted by Gasteiger charge is 2.41. The second-order valence-corrected chi connectivity index (χ2v) is 9.07. The largest absolute Gasteiger partial charge is 0.481 e. The zero-order chi connectivity index (χ0) is 21.2. The van der Waals surface area contributed by atoms with Crippen molar-refractivity contribution < 1.29 is 14.7 Å². The third-order valence-electron chi connectivity index (χ3n) is 5.73. The lowest BCUT2D eigenvalue weighted by molar-refractivity contribution is -0.137. The third kappa shape index (κ3) is 7.46. The molecule has 1 aromatic carbocycles. The number of Topliss-reactive ketones (excluding diaryl/α,β-unsaturated/α-hetero) is 1. The molecule has 3 nitrogen and oxygen atoms in total. The number of carboxylic acid groups (broad SMARTS) is 1. The zero-order valence-electron chi connectivity index (χ0n) is 17.2. The Morgan fingerprint density at radius 1 is 1.03 bits per heavy atom. The van der Waals surface area contributed by atoms with Gasteiger partial charge in [-0.3, -0.25) is 9.59 Å². The zero-order valence-corrected chi connectivity index (χ0v) is 18.7. The second-order valence-electron chi connectivity index (χ2n) is 7.95. The SMILES string of the molecule is CCCCCC(=O)c1ccc([C@@H]2[C@@H](CC=CCCCC(=O)O)[C@H](Cl)C[C@H]2Cl)cc1. The van der Waals surface area contributed by atoms with Gasteiger partial charge in [0.05, 0.1) is 0 Å². The molecule has 1 aliphatic rings. The molecule has 0 aliphatic heterocycles. The minimum atomic E-state index is -0.757. The average Bonchev–Trinajstić information content (AvgIpc) is 2.97. The summed E-state index contributed by atoms with van der Waals surface area (Å²) in [5.41, 5.74) is 1.91. The van der Waals surface area contributed by atoms with Crippen molar-refractivity contribution in [3.05, 3.63) is 47.5 Å². The van der Waals surface area contributed by atoms with E-state index in [0.29, 0.717) is 12.8 Å². The van der Waals surface area contributed by atoms with Gasteiger partial charge in [0.15, 0.2) is 5.78 Å². The number of unbranched alkanes of at least 4 members (excludes halogenated alkanes) is 3. The Bertz CT molecular complexity index is 684. The summed E-state index contributed by atoms with van der Waals surface area (Å²) in [7, 11) is 0. The Morgan fingerprint density at radius 3 is 2.41 bits per heavy atom. The number of ketones is 1. The van der Waals surface area contributed by atoms with Gasteiger partial charge in [0.2, 0.25) is 0 Å². The van der Waals surface area contributed by atoms with Gasteiger partial charge in [0.25, 0.3) is 0 Å². The van der Waals surface area contributed by atoms with Crippen LogP contribution in [0.3, 0.4) is 0 Å². The smallest absolute Gasteiger partial charge is 0.303 e. The van der Waals surface area contributed by atoms with Crippen molar-refractivity contribution in [3.63, 3.8) is 0 Å². The molecule has 2 rings (SSSR count). The number of rotatable bonds is 12. The number of alkyl halides is 2. The van der Waals surface area contributed by atoms with E-state index in [2.05, 4.69) is 13.0 Å². The molecule has 160 valence electrons. The number of carbonyl (C=O) groups excluding carboxylic acids is 1. The van der Waals surface area contributed by atoms with Crippen LogP contribution in [-0.4, -0.2) is 27.6 Å². The minimum absolute atomic E-state index is 0.0153. The Hall–Kier alpha value is -1.32. The monoisotopic (exact) mass is 438 g/mol. The highest BCUT2D eigenvalue weighted by Crippen LogP contribution is 2.47. The number of benzene rings is 1. The third-order valence-corrected chi connectivity index (χ3v) is 6.68. The molecule has 4 atom stereocenters. The van der Waals surface area contributed by atoms with Crippen molar-refractivity contribution in [3.8, 4) is 0 Å². The van der Waals surface area contributed by atoms with E-state index in [1.54, 1.807) is 0 Å². The quantitative estimate of drug-likeness (QED) is 0.166. The molecular weight excluding hydrogens is 407 g/mol. The molecule has 1 N–H and O–H groups in total. The fourth-order valence-corrected chi connectivity index (χ4v) is 5.16. The topological polar surface area (TPSA) is 54.4 Å². The highest BCUT2D eigenvalue weighted by molar-refractivity contribution is 6.25. The molecule has 0 aromatic heterocycles. The van der Waals surface area contributed by atoms with Crippen LogP contribution in [0.25, 0.3) is 0 Å². The molecule has 0 heterocycles. The first-order valence-corrected chi connectivity index (χ1v) is 11.6. The van der Waals surface area contributed by atoms with E-state index in [0.717, 1.165) is 49.7 Å². The van der Waals surface area contributed by atoms with Gasteiger partial charge in [0.1, 0.15) is 0 Å². The predicted molar refractivity (Wildman–Crippen MR) is 120 cm³/mol. The normalized spacial score (nSPS) is 24.2. The van der Waals surface area contributed by atoms with Crippen LogP contribution in [0.1, 0.15) is 86.6 Å². The van der Waals surface area contributed by atoms with Crippen molar-refractivity contribution in [1.29, 1.82) is 0 Å². The number of aliphatic carboxylic acids is 1. The first-order chi connectivity index (χ1) is 13.9. The molecule has 0 saturated heterocycles. The van der Waals surface area contributed by atoms with Gasteiger partial charge in [0, 0.05) is 35.1 Å². The van der Waals surface area contributed by atoms with Crippen LogP contribution < -0.4 is 0 Å². The molecule has 1 saturated carbocycles. The van der Waals surface area contributed by atoms with E-state index in [1.165, 1.54) is 0 Å². The van der Waals surface area contributed by atoms with Gasteiger partial charge in [-0.1, -0.05) is 56.2 Å². The fraction of sp³-hybridized carbons (Fsp3) is 0.583. The summed E-state index contributed by atoms with van der Waals surface area (Å²) in [5, 5.41) is 8.69. The summed E-state index contributed by atoms with van der Waals surface area (Å²) in [6, 6.07) is 7.92. The molecule has 1 aliphatic carbocycles. The molecule has 0 spiro atoms. The molecular formula is C24H32Cl2O3. The van der Waals surface area contributed by atoms with Crippen LogP contribution in [0, 0.1) is 5.92 Å². The van der Waals surface area contributed by atoms with Crippen molar-refractivity contribution >= 4 is 35.0 Å². The summed E-state index contributed by atoms with van der Waals surface area (Å²) in [6.07, 6.45) is 11.1. The minimum Gasteiger partial charge on any atom is -0.481 e. The number of hydrogen-bond acceptors (Lipinski definition) is 2. The lowest BCUT2D eigenvalue weighted by Gasteiger charge is -2.23. The Morgan fingerprint density at radius 2 is 1.76 bits per heavy atom. The maximum Gasteiger partial charge on any atom is 0.303 e. The van der Waals surface area contributed by atoms with Gasteiger partial charge in [-0.25, -0.2) is 0 Å². The van der Waals surface area contributed by atoms with Gasteiger partial charge in [-0.15, -0.1) is 23.2 Å². The van der Waals surface area contributed by atoms with Crippen molar-refractivity contribution in [2.24, 2.45) is 5.92 Å². The molecule has 0 radical (unpaired) electrons. The Balaban J connectivity index is 1.97. The summed E-state index contributed by atoms with van der Waals surface area (Å²) in [6.45, 7) is 2.13. The van der Waals surface area contributed by atoms with E-state index in [1.807, 2.05) is 30.3 Å². The summed E-state index contributed by atoms with van der Waals surface area (Å²) in [5.74, 6) is -0.157. The van der Waals surface area contributed by atoms with E-state index in [4.69, 9.17) is 28.3 Å². The van der Waals surface area contributed by atoms with E-state index in [9.17, 15) is 9.59 Å². The number of carboxylic acids is 1. The van der Waals surface area contributed by atoms with E-state index >= 15 is 0 Å². The number of carbonyl (C=O) groups is 2. The van der Waals surface area contributed by atoms with Crippen LogP contribution in [0.15, 0.2) is 36.4 Å². The maximum absolute atomic E-state index is 12.3. The van der Waals surface area contributed by atoms with Gasteiger partial charge in [-0.2, -0.15) is 0 Å². The molecule has 29 heavy (non-hydrogen) atoms. The first kappa shape index (κ1) is 24.0. The lowest BCUT2D eigenvalue weighted by atomic mass is 9.85. The fourth-order valence-electron chi connectivity index (χ4n) is 4.09. The van der Waals surface area contributed by atoms with Crippen LogP contribution >= 0.6 is 23.2 Å². The molecule has 1 aromatic rings. The maximum atomic E-state index is 12.3. The van der Waals surface area contributed by atoms with Gasteiger partial charge >= 0.3 is 5.97 Å². The van der Waals surface area contributed by atoms with Gasteiger partial charge < -0.3 is 5.11 Å². The van der Waals surface area contributed by atoms with Crippen molar-refractivity contribution in [2.45, 2.75) is 81.4 Å². The van der Waals surface area contributed by atoms with Crippen LogP contribution in [-0.2, 0) is 4.79 Å². The molecule has 5 heteroatoms. The summed E-state index contributed by atoms with van der Waals surface area (Å²) < 4.78 is 0. The van der Waals surface area contributed by atoms with Crippen molar-refractivity contribution in [1.82, 2.24) is 0 Å². The average molecular weight is 439 g/mol. The Kier molecular flexibility index (Phi) is 10.2. The van der Waals surface area contributed by atoms with Crippen LogP contribution in [0.4, 0.5) is 0 Å². The van der Waals surface area contributed by atoms with E-state index < -0.39 is 5.97 Å². The van der Waals surface area contributed by atoms with Crippen LogP contribution in [0.5, 0.6) is 0 Å². The number of allylic oxidation sites excluding steroid dienone is 2. The summed E-state index contributed by atoms with van der Waals surface area (Å²) >= 11 is 13.2. The molecule has 0 amide bonds. The highest BCUT2D eigenvalue weighted by atomic mass is 35.5. The number of hydrogen-bond donors (Lipinski definition) is 1. The second kappa shape index (κ2) is 12.4. The number of halogens is 2. The molecule has 0 bridgehead atoms. The van der Waals surface area contributed by atoms with Crippen LogP contribution in [0.2, 0.25) is 0 Å². The van der Waals surface area contributed by atoms with E-state index in [-0.39, 0.29) is 34.8 Å². The standard InChI is InChI=1S/C24H32Cl2O3/c1-2-3-6-10-22(27)17-12-14-18(15-13-17)24-19(20(25)16-21(24)26)9-7-4-5-8-11-23(28)29/h4,7,12-15,19-21,24H,2-3,5-6,8-11,16H2,1H3,(H,28,29)/t19-,20+,21+,24+/m0/s1. The molecule has 0 unspecified atom stereocenters. The lowest BCUT2D eigenvalue weighted by Crippen LogP contribution is -2.16. The Labute approximate surface area is 184 Å². The molecule has 1 fully saturated rings. The van der Waals surface area contributed by atoms with Crippen molar-refractivity contribution in [2.75, 3.05) is 0 Å².